The number of benzene rings is 3. The van der Waals surface area contributed by atoms with E-state index in [2.05, 4.69) is 30.8 Å². The Morgan fingerprint density at radius 3 is 2.40 bits per heavy atom. The minimum absolute atomic E-state index is 0.0174. The van der Waals surface area contributed by atoms with Gasteiger partial charge in [-0.15, -0.1) is 0 Å². The molecular weight excluding hydrogens is 464 g/mol. The SMILES string of the molecule is C=C(C)[C@H]1C[C@H](c2ccc(Cl)cc2)[C@H](c2ccccc2)O[C@@H]1c1ccc(OC)cc1OCC(=O)O. The molecule has 0 unspecified atom stereocenters. The number of carboxylic acids is 1. The molecule has 3 aromatic carbocycles. The molecule has 0 spiro atoms. The van der Waals surface area contributed by atoms with Crippen molar-refractivity contribution in [3.8, 4) is 11.5 Å². The van der Waals surface area contributed by atoms with E-state index in [9.17, 15) is 9.90 Å². The van der Waals surface area contributed by atoms with Crippen LogP contribution < -0.4 is 9.47 Å². The zero-order chi connectivity index (χ0) is 24.9. The quantitative estimate of drug-likeness (QED) is 0.343. The van der Waals surface area contributed by atoms with E-state index >= 15 is 0 Å². The fraction of sp³-hybridized carbons (Fsp3) is 0.276. The fourth-order valence-corrected chi connectivity index (χ4v) is 4.86. The van der Waals surface area contributed by atoms with E-state index in [1.807, 2.05) is 49.4 Å². The lowest BCUT2D eigenvalue weighted by Crippen LogP contribution is -2.31. The first-order chi connectivity index (χ1) is 16.9. The molecule has 5 nitrogen and oxygen atoms in total. The zero-order valence-electron chi connectivity index (χ0n) is 19.8. The Hall–Kier alpha value is -3.28. The second kappa shape index (κ2) is 11.0. The molecule has 1 aliphatic rings. The lowest BCUT2D eigenvalue weighted by Gasteiger charge is -2.43. The van der Waals surface area contributed by atoms with E-state index in [-0.39, 0.29) is 24.0 Å². The Labute approximate surface area is 210 Å². The van der Waals surface area contributed by atoms with Gasteiger partial charge in [-0.1, -0.05) is 66.2 Å². The number of aliphatic carboxylic acids is 1. The Kier molecular flexibility index (Phi) is 7.79. The first kappa shape index (κ1) is 24.8. The Bertz CT molecular complexity index is 1180. The minimum Gasteiger partial charge on any atom is -0.497 e. The molecule has 35 heavy (non-hydrogen) atoms. The summed E-state index contributed by atoms with van der Waals surface area (Å²) in [5.41, 5.74) is 3.97. The van der Waals surface area contributed by atoms with Crippen molar-refractivity contribution in [2.45, 2.75) is 31.5 Å². The Morgan fingerprint density at radius 2 is 1.77 bits per heavy atom. The monoisotopic (exact) mass is 492 g/mol. The number of methoxy groups -OCH3 is 1. The highest BCUT2D eigenvalue weighted by molar-refractivity contribution is 6.30. The summed E-state index contributed by atoms with van der Waals surface area (Å²) in [6, 6.07) is 23.5. The Morgan fingerprint density at radius 1 is 1.06 bits per heavy atom. The largest absolute Gasteiger partial charge is 0.497 e. The van der Waals surface area contributed by atoms with Crippen LogP contribution in [0.4, 0.5) is 0 Å². The van der Waals surface area contributed by atoms with Gasteiger partial charge in [0.2, 0.25) is 0 Å². The highest BCUT2D eigenvalue weighted by Gasteiger charge is 2.41. The molecule has 4 atom stereocenters. The summed E-state index contributed by atoms with van der Waals surface area (Å²) in [7, 11) is 1.56. The molecular formula is C29H29ClO5. The van der Waals surface area contributed by atoms with Crippen LogP contribution in [0.25, 0.3) is 0 Å². The average Bonchev–Trinajstić information content (AvgIpc) is 2.87. The summed E-state index contributed by atoms with van der Waals surface area (Å²) in [5.74, 6) is 0.0189. The molecule has 4 rings (SSSR count). The van der Waals surface area contributed by atoms with Crippen molar-refractivity contribution in [3.63, 3.8) is 0 Å². The number of hydrogen-bond acceptors (Lipinski definition) is 4. The van der Waals surface area contributed by atoms with Gasteiger partial charge >= 0.3 is 5.97 Å². The molecule has 0 aromatic heterocycles. The van der Waals surface area contributed by atoms with Crippen molar-refractivity contribution in [2.24, 2.45) is 5.92 Å². The normalized spacial score (nSPS) is 21.8. The van der Waals surface area contributed by atoms with Gasteiger partial charge in [0.15, 0.2) is 6.61 Å². The summed E-state index contributed by atoms with van der Waals surface area (Å²) < 4.78 is 17.9. The molecule has 0 radical (unpaired) electrons. The fourth-order valence-electron chi connectivity index (χ4n) is 4.73. The lowest BCUT2D eigenvalue weighted by atomic mass is 9.74. The van der Waals surface area contributed by atoms with Crippen LogP contribution in [0.15, 0.2) is 84.9 Å². The van der Waals surface area contributed by atoms with Crippen LogP contribution >= 0.6 is 11.6 Å². The topological polar surface area (TPSA) is 65.0 Å². The minimum atomic E-state index is -1.05. The van der Waals surface area contributed by atoms with Crippen molar-refractivity contribution >= 4 is 17.6 Å². The van der Waals surface area contributed by atoms with Gasteiger partial charge in [-0.3, -0.25) is 0 Å². The summed E-state index contributed by atoms with van der Waals surface area (Å²) >= 11 is 6.17. The predicted octanol–water partition coefficient (Wildman–Crippen LogP) is 6.99. The molecule has 1 saturated heterocycles. The van der Waals surface area contributed by atoms with E-state index < -0.39 is 12.6 Å². The molecule has 1 fully saturated rings. The number of halogens is 1. The van der Waals surface area contributed by atoms with Gasteiger partial charge in [0.05, 0.1) is 19.3 Å². The smallest absolute Gasteiger partial charge is 0.341 e. The molecule has 6 heteroatoms. The molecule has 0 bridgehead atoms. The van der Waals surface area contributed by atoms with Crippen LogP contribution in [0.5, 0.6) is 11.5 Å². The van der Waals surface area contributed by atoms with E-state index in [0.717, 1.165) is 28.7 Å². The number of hydrogen-bond donors (Lipinski definition) is 1. The van der Waals surface area contributed by atoms with Crippen LogP contribution in [0.3, 0.4) is 0 Å². The highest BCUT2D eigenvalue weighted by Crippen LogP contribution is 2.53. The van der Waals surface area contributed by atoms with E-state index in [4.69, 9.17) is 25.8 Å². The third-order valence-electron chi connectivity index (χ3n) is 6.47. The van der Waals surface area contributed by atoms with Crippen LogP contribution in [-0.4, -0.2) is 24.8 Å². The van der Waals surface area contributed by atoms with Crippen molar-refractivity contribution in [1.82, 2.24) is 0 Å². The highest BCUT2D eigenvalue weighted by atomic mass is 35.5. The maximum Gasteiger partial charge on any atom is 0.341 e. The van der Waals surface area contributed by atoms with Gasteiger partial charge in [0.25, 0.3) is 0 Å². The summed E-state index contributed by atoms with van der Waals surface area (Å²) in [5, 5.41) is 9.89. The van der Waals surface area contributed by atoms with Gasteiger partial charge in [0.1, 0.15) is 11.5 Å². The number of ether oxygens (including phenoxy) is 3. The Balaban J connectivity index is 1.79. The molecule has 0 amide bonds. The van der Waals surface area contributed by atoms with Gasteiger partial charge in [-0.05, 0) is 48.7 Å². The average molecular weight is 493 g/mol. The molecule has 3 aromatic rings. The first-order valence-corrected chi connectivity index (χ1v) is 11.9. The van der Waals surface area contributed by atoms with Crippen LogP contribution in [0.1, 0.15) is 48.2 Å². The van der Waals surface area contributed by atoms with Crippen molar-refractivity contribution < 1.29 is 24.1 Å². The van der Waals surface area contributed by atoms with Crippen molar-refractivity contribution in [3.05, 3.63) is 107 Å². The maximum atomic E-state index is 11.2. The van der Waals surface area contributed by atoms with E-state index in [1.54, 1.807) is 13.2 Å². The van der Waals surface area contributed by atoms with Gasteiger partial charge in [-0.2, -0.15) is 0 Å². The molecule has 0 saturated carbocycles. The third-order valence-corrected chi connectivity index (χ3v) is 6.72. The molecule has 1 aliphatic heterocycles. The second-order valence-corrected chi connectivity index (χ2v) is 9.26. The van der Waals surface area contributed by atoms with Crippen LogP contribution in [0.2, 0.25) is 5.02 Å². The lowest BCUT2D eigenvalue weighted by molar-refractivity contribution is -0.139. The number of rotatable bonds is 8. The predicted molar refractivity (Wildman–Crippen MR) is 136 cm³/mol. The zero-order valence-corrected chi connectivity index (χ0v) is 20.6. The molecule has 1 heterocycles. The van der Waals surface area contributed by atoms with Crippen LogP contribution in [0, 0.1) is 5.92 Å². The molecule has 0 aliphatic carbocycles. The number of carboxylic acid groups (broad SMARTS) is 1. The van der Waals surface area contributed by atoms with Crippen molar-refractivity contribution in [2.75, 3.05) is 13.7 Å². The first-order valence-electron chi connectivity index (χ1n) is 11.5. The van der Waals surface area contributed by atoms with Gasteiger partial charge in [-0.25, -0.2) is 4.79 Å². The summed E-state index contributed by atoms with van der Waals surface area (Å²) in [6.45, 7) is 5.82. The van der Waals surface area contributed by atoms with Crippen LogP contribution in [-0.2, 0) is 9.53 Å². The summed E-state index contributed by atoms with van der Waals surface area (Å²) in [6.07, 6.45) is 0.189. The van der Waals surface area contributed by atoms with Gasteiger partial charge in [0, 0.05) is 28.5 Å². The van der Waals surface area contributed by atoms with E-state index in [1.165, 1.54) is 0 Å². The van der Waals surface area contributed by atoms with Crippen molar-refractivity contribution in [1.29, 1.82) is 0 Å². The second-order valence-electron chi connectivity index (χ2n) is 8.82. The van der Waals surface area contributed by atoms with E-state index in [0.29, 0.717) is 16.5 Å². The van der Waals surface area contributed by atoms with Gasteiger partial charge < -0.3 is 19.3 Å². The third kappa shape index (κ3) is 5.69. The maximum absolute atomic E-state index is 11.2. The summed E-state index contributed by atoms with van der Waals surface area (Å²) in [4.78, 5) is 11.2. The molecule has 182 valence electrons. The standard InChI is InChI=1S/C29H29ClO5/c1-18(2)24-16-25(19-9-11-21(30)12-10-19)28(20-7-5-4-6-8-20)35-29(24)23-14-13-22(33-3)15-26(23)34-17-27(31)32/h4-15,24-25,28-29H,1,16-17H2,2-3H3,(H,31,32)/t24-,25-,28+,29-/m1/s1. The molecule has 1 N–H and O–H groups in total. The number of carbonyl (C=O) groups is 1.